The van der Waals surface area contributed by atoms with Crippen molar-refractivity contribution in [2.45, 2.75) is 107 Å². The van der Waals surface area contributed by atoms with Gasteiger partial charge >= 0.3 is 0 Å². The molecule has 1 amide bonds. The van der Waals surface area contributed by atoms with Crippen LogP contribution in [0.2, 0.25) is 5.02 Å². The highest BCUT2D eigenvalue weighted by molar-refractivity contribution is 7.80. The summed E-state index contributed by atoms with van der Waals surface area (Å²) in [5.41, 5.74) is 0.614. The quantitative estimate of drug-likeness (QED) is 0.0757. The molecule has 1 aromatic rings. The van der Waals surface area contributed by atoms with E-state index in [2.05, 4.69) is 22.9 Å². The number of carbonyl (C=O) groups is 1. The topological polar surface area (TPSA) is 53.2 Å². The Kier molecular flexibility index (Phi) is 17.4. The molecule has 0 spiro atoms. The van der Waals surface area contributed by atoms with Crippen LogP contribution in [0.5, 0.6) is 0 Å². The molecule has 0 radical (unpaired) electrons. The minimum atomic E-state index is -1.78. The van der Waals surface area contributed by atoms with Crippen molar-refractivity contribution in [1.29, 1.82) is 0 Å². The molecule has 1 atom stereocenters. The van der Waals surface area contributed by atoms with Crippen LogP contribution in [0.25, 0.3) is 0 Å². The molecule has 0 aliphatic carbocycles. The van der Waals surface area contributed by atoms with Crippen LogP contribution in [0.3, 0.4) is 0 Å². The van der Waals surface area contributed by atoms with Crippen molar-refractivity contribution in [1.82, 2.24) is 10.6 Å². The van der Waals surface area contributed by atoms with Crippen LogP contribution in [0.1, 0.15) is 96.8 Å². The largest absolute Gasteiger partial charge is 0.339 e. The predicted molar refractivity (Wildman–Crippen MR) is 153 cm³/mol. The summed E-state index contributed by atoms with van der Waals surface area (Å²) in [7, 11) is 0. The Bertz CT molecular complexity index is 716. The molecule has 0 aliphatic heterocycles. The Balaban J connectivity index is 2.19. The maximum atomic E-state index is 12.4. The van der Waals surface area contributed by atoms with Gasteiger partial charge in [-0.15, -0.1) is 0 Å². The van der Waals surface area contributed by atoms with Gasteiger partial charge in [-0.05, 0) is 30.8 Å². The van der Waals surface area contributed by atoms with E-state index in [9.17, 15) is 4.79 Å². The predicted octanol–water partition coefficient (Wildman–Crippen LogP) is 8.92. The molecule has 9 heteroatoms. The lowest BCUT2D eigenvalue weighted by atomic mass is 10.0. The fraction of sp³-hybridized carbons (Fsp3) is 0.680. The summed E-state index contributed by atoms with van der Waals surface area (Å²) >= 11 is 29.6. The van der Waals surface area contributed by atoms with Crippen LogP contribution in [0.15, 0.2) is 24.3 Å². The van der Waals surface area contributed by atoms with Gasteiger partial charge in [-0.3, -0.25) is 4.79 Å². The van der Waals surface area contributed by atoms with Crippen molar-refractivity contribution in [2.75, 3.05) is 5.32 Å². The zero-order chi connectivity index (χ0) is 25.2. The highest BCUT2D eigenvalue weighted by atomic mass is 35.6. The summed E-state index contributed by atoms with van der Waals surface area (Å²) in [4.78, 5) is 12.4. The average Bonchev–Trinajstić information content (AvgIpc) is 2.77. The lowest BCUT2D eigenvalue weighted by molar-refractivity contribution is -0.122. The van der Waals surface area contributed by atoms with Crippen molar-refractivity contribution < 1.29 is 4.79 Å². The molecule has 0 saturated heterocycles. The second kappa shape index (κ2) is 18.8. The second-order valence-corrected chi connectivity index (χ2v) is 11.8. The molecule has 1 rings (SSSR count). The molecule has 1 aromatic carbocycles. The first-order valence-electron chi connectivity index (χ1n) is 12.4. The Labute approximate surface area is 231 Å². The van der Waals surface area contributed by atoms with Gasteiger partial charge in [-0.1, -0.05) is 143 Å². The van der Waals surface area contributed by atoms with Gasteiger partial charge in [0.2, 0.25) is 9.70 Å². The number of carbonyl (C=O) groups excluding carboxylic acids is 1. The summed E-state index contributed by atoms with van der Waals surface area (Å²) < 4.78 is -1.78. The smallest absolute Gasteiger partial charge is 0.228 e. The summed E-state index contributed by atoms with van der Waals surface area (Å²) in [6, 6.07) is 7.13. The summed E-state index contributed by atoms with van der Waals surface area (Å²) in [5, 5.41) is 9.20. The number of benzene rings is 1. The van der Waals surface area contributed by atoms with E-state index in [-0.39, 0.29) is 11.0 Å². The van der Waals surface area contributed by atoms with E-state index in [4.69, 9.17) is 58.6 Å². The number of alkyl halides is 3. The van der Waals surface area contributed by atoms with Gasteiger partial charge in [0.1, 0.15) is 6.17 Å². The van der Waals surface area contributed by atoms with Gasteiger partial charge < -0.3 is 16.0 Å². The molecule has 0 heterocycles. The minimum Gasteiger partial charge on any atom is -0.339 e. The first kappa shape index (κ1) is 31.6. The maximum Gasteiger partial charge on any atom is 0.228 e. The van der Waals surface area contributed by atoms with Gasteiger partial charge in [-0.2, -0.15) is 0 Å². The number of para-hydroxylation sites is 1. The monoisotopic (exact) mass is 569 g/mol. The number of anilines is 1. The van der Waals surface area contributed by atoms with E-state index >= 15 is 0 Å². The molecular weight excluding hydrogens is 532 g/mol. The summed E-state index contributed by atoms with van der Waals surface area (Å²) in [6.45, 7) is 2.25. The van der Waals surface area contributed by atoms with Crippen molar-refractivity contribution in [3.8, 4) is 0 Å². The molecule has 0 aliphatic rings. The molecule has 0 bridgehead atoms. The van der Waals surface area contributed by atoms with E-state index < -0.39 is 9.96 Å². The molecule has 0 saturated carbocycles. The number of hydrogen-bond donors (Lipinski definition) is 3. The van der Waals surface area contributed by atoms with E-state index in [1.807, 2.05) is 12.1 Å². The maximum absolute atomic E-state index is 12.4. The van der Waals surface area contributed by atoms with Crippen molar-refractivity contribution in [3.63, 3.8) is 0 Å². The van der Waals surface area contributed by atoms with Gasteiger partial charge in [0, 0.05) is 6.42 Å². The zero-order valence-electron chi connectivity index (χ0n) is 20.1. The number of rotatable bonds is 17. The number of thiocarbonyl (C=S) groups is 1. The van der Waals surface area contributed by atoms with Gasteiger partial charge in [0.15, 0.2) is 5.11 Å². The van der Waals surface area contributed by atoms with Crippen molar-refractivity contribution in [2.24, 2.45) is 0 Å². The van der Waals surface area contributed by atoms with Crippen LogP contribution in [0.4, 0.5) is 5.69 Å². The molecule has 4 nitrogen and oxygen atoms in total. The molecule has 194 valence electrons. The third kappa shape index (κ3) is 15.5. The van der Waals surface area contributed by atoms with Crippen molar-refractivity contribution in [3.05, 3.63) is 29.3 Å². The highest BCUT2D eigenvalue weighted by Gasteiger charge is 2.34. The Morgan fingerprint density at radius 2 is 1.35 bits per heavy atom. The molecule has 0 fully saturated rings. The zero-order valence-corrected chi connectivity index (χ0v) is 24.0. The lowest BCUT2D eigenvalue weighted by Gasteiger charge is -2.28. The number of amides is 1. The summed E-state index contributed by atoms with van der Waals surface area (Å²) in [6.07, 6.45) is 15.7. The standard InChI is InChI=1S/C25H39Cl4N3OS/c1-2-3-4-5-6-7-8-9-10-11-12-13-14-19-22(33)31-23(25(27,28)29)32-24(34)30-21-18-16-15-17-20(21)26/h15-18,23H,2-14,19H2,1H3,(H,31,33)(H2,30,32,34)/t23-/m1/s1. The minimum absolute atomic E-state index is 0.186. The number of nitrogens with one attached hydrogen (secondary N) is 3. The van der Waals surface area contributed by atoms with Crippen LogP contribution < -0.4 is 16.0 Å². The fourth-order valence-electron chi connectivity index (χ4n) is 3.59. The number of halogens is 4. The number of hydrogen-bond acceptors (Lipinski definition) is 2. The Morgan fingerprint density at radius 1 is 0.853 bits per heavy atom. The van der Waals surface area contributed by atoms with Crippen LogP contribution >= 0.6 is 58.6 Å². The normalized spacial score (nSPS) is 12.3. The first-order chi connectivity index (χ1) is 16.2. The van der Waals surface area contributed by atoms with Gasteiger partial charge in [0.25, 0.3) is 0 Å². The average molecular weight is 571 g/mol. The molecule has 0 aromatic heterocycles. The molecule has 3 N–H and O–H groups in total. The van der Waals surface area contributed by atoms with E-state index in [1.54, 1.807) is 12.1 Å². The third-order valence-electron chi connectivity index (χ3n) is 5.54. The number of unbranched alkanes of at least 4 members (excludes halogenated alkanes) is 12. The second-order valence-electron chi connectivity index (χ2n) is 8.61. The molecule has 0 unspecified atom stereocenters. The van der Waals surface area contributed by atoms with E-state index in [1.165, 1.54) is 64.2 Å². The van der Waals surface area contributed by atoms with Crippen LogP contribution in [-0.4, -0.2) is 21.0 Å². The third-order valence-corrected chi connectivity index (χ3v) is 6.74. The van der Waals surface area contributed by atoms with Crippen LogP contribution in [0, 0.1) is 0 Å². The summed E-state index contributed by atoms with van der Waals surface area (Å²) in [5.74, 6) is -0.188. The van der Waals surface area contributed by atoms with Crippen LogP contribution in [-0.2, 0) is 4.79 Å². The van der Waals surface area contributed by atoms with E-state index in [0.717, 1.165) is 19.3 Å². The molecular formula is C25H39Cl4N3OS. The van der Waals surface area contributed by atoms with Crippen molar-refractivity contribution >= 4 is 75.3 Å². The lowest BCUT2D eigenvalue weighted by Crippen LogP contribution is -2.56. The Hall–Kier alpha value is -0.460. The fourth-order valence-corrected chi connectivity index (χ4v) is 4.33. The SMILES string of the molecule is CCCCCCCCCCCCCCCC(=O)N[C@H](NC(=S)Nc1ccccc1Cl)C(Cl)(Cl)Cl. The Morgan fingerprint density at radius 3 is 1.85 bits per heavy atom. The van der Waals surface area contributed by atoms with E-state index in [0.29, 0.717) is 17.1 Å². The first-order valence-corrected chi connectivity index (χ1v) is 14.3. The molecule has 34 heavy (non-hydrogen) atoms. The highest BCUT2D eigenvalue weighted by Crippen LogP contribution is 2.29. The van der Waals surface area contributed by atoms with Gasteiger partial charge in [-0.25, -0.2) is 0 Å². The van der Waals surface area contributed by atoms with Gasteiger partial charge in [0.05, 0.1) is 10.7 Å².